The summed E-state index contributed by atoms with van der Waals surface area (Å²) >= 11 is 7.44. The molecule has 0 unspecified atom stereocenters. The van der Waals surface area contributed by atoms with E-state index in [4.69, 9.17) is 11.6 Å². The van der Waals surface area contributed by atoms with Crippen molar-refractivity contribution in [3.8, 4) is 0 Å². The Hall–Kier alpha value is -2.97. The number of halogens is 4. The molecule has 3 aromatic rings. The average Bonchev–Trinajstić information content (AvgIpc) is 3.26. The zero-order valence-corrected chi connectivity index (χ0v) is 18.5. The quantitative estimate of drug-likeness (QED) is 0.465. The van der Waals surface area contributed by atoms with Crippen molar-refractivity contribution in [2.45, 2.75) is 17.6 Å². The fraction of sp³-hybridized carbons (Fsp3) is 0.167. The Balaban J connectivity index is 1.65. The van der Waals surface area contributed by atoms with E-state index < -0.39 is 28.4 Å². The van der Waals surface area contributed by atoms with Crippen LogP contribution in [0.5, 0.6) is 0 Å². The molecule has 0 aromatic heterocycles. The van der Waals surface area contributed by atoms with E-state index in [1.165, 1.54) is 17.0 Å². The van der Waals surface area contributed by atoms with Crippen molar-refractivity contribution in [3.63, 3.8) is 0 Å². The molecule has 9 heteroatoms. The summed E-state index contributed by atoms with van der Waals surface area (Å²) in [5, 5.41) is 0.494. The Morgan fingerprint density at radius 2 is 1.70 bits per heavy atom. The van der Waals surface area contributed by atoms with E-state index in [0.717, 1.165) is 29.5 Å². The van der Waals surface area contributed by atoms with Crippen LogP contribution in [-0.2, 0) is 27.2 Å². The lowest BCUT2D eigenvalue weighted by molar-refractivity contribution is -0.137. The molecule has 0 aliphatic carbocycles. The predicted octanol–water partition coefficient (Wildman–Crippen LogP) is 5.84. The summed E-state index contributed by atoms with van der Waals surface area (Å²) in [6, 6.07) is 18.7. The Morgan fingerprint density at radius 3 is 2.45 bits per heavy atom. The lowest BCUT2D eigenvalue weighted by Gasteiger charge is -2.33. The summed E-state index contributed by atoms with van der Waals surface area (Å²) in [7, 11) is 0. The van der Waals surface area contributed by atoms with Gasteiger partial charge in [-0.2, -0.15) is 13.2 Å². The molecule has 0 bridgehead atoms. The lowest BCUT2D eigenvalue weighted by atomic mass is 10.0. The number of fused-ring (bicyclic) bond motifs is 2. The summed E-state index contributed by atoms with van der Waals surface area (Å²) in [5.74, 6) is -0.852. The highest BCUT2D eigenvalue weighted by Crippen LogP contribution is 2.56. The van der Waals surface area contributed by atoms with E-state index in [1.807, 2.05) is 6.07 Å². The van der Waals surface area contributed by atoms with E-state index in [2.05, 4.69) is 0 Å². The molecule has 2 heterocycles. The third-order valence-corrected chi connectivity index (χ3v) is 7.54. The first-order valence-electron chi connectivity index (χ1n) is 10.0. The number of para-hydroxylation sites is 1. The molecule has 1 fully saturated rings. The van der Waals surface area contributed by atoms with Crippen LogP contribution in [0, 0.1) is 0 Å². The van der Waals surface area contributed by atoms with Gasteiger partial charge in [-0.3, -0.25) is 14.5 Å². The van der Waals surface area contributed by atoms with Crippen molar-refractivity contribution >= 4 is 46.6 Å². The fourth-order valence-electron chi connectivity index (χ4n) is 4.33. The van der Waals surface area contributed by atoms with Crippen LogP contribution in [-0.4, -0.2) is 17.6 Å². The van der Waals surface area contributed by atoms with Crippen LogP contribution >= 0.6 is 23.4 Å². The largest absolute Gasteiger partial charge is 0.416 e. The molecule has 1 saturated heterocycles. The van der Waals surface area contributed by atoms with Crippen LogP contribution in [0.3, 0.4) is 0 Å². The normalized spacial score (nSPS) is 20.1. The molecule has 33 heavy (non-hydrogen) atoms. The molecule has 2 aliphatic rings. The first-order valence-corrected chi connectivity index (χ1v) is 11.4. The van der Waals surface area contributed by atoms with Crippen LogP contribution in [0.4, 0.5) is 24.5 Å². The smallest absolute Gasteiger partial charge is 0.304 e. The van der Waals surface area contributed by atoms with E-state index in [1.54, 1.807) is 47.4 Å². The van der Waals surface area contributed by atoms with Crippen molar-refractivity contribution in [1.29, 1.82) is 0 Å². The van der Waals surface area contributed by atoms with E-state index in [9.17, 15) is 22.8 Å². The van der Waals surface area contributed by atoms with Gasteiger partial charge in [0, 0.05) is 16.3 Å². The predicted molar refractivity (Wildman–Crippen MR) is 122 cm³/mol. The maximum atomic E-state index is 14.0. The van der Waals surface area contributed by atoms with Gasteiger partial charge >= 0.3 is 6.18 Å². The molecule has 2 aliphatic heterocycles. The maximum absolute atomic E-state index is 14.0. The van der Waals surface area contributed by atoms with E-state index in [0.29, 0.717) is 16.3 Å². The van der Waals surface area contributed by atoms with E-state index in [-0.39, 0.29) is 18.0 Å². The molecular weight excluding hydrogens is 473 g/mol. The summed E-state index contributed by atoms with van der Waals surface area (Å²) in [6.45, 7) is 0.169. The highest BCUT2D eigenvalue weighted by Gasteiger charge is 2.61. The standard InChI is InChI=1S/C24H16ClF3N2O2S/c25-19-10-3-1-6-15(19)13-29-20-11-4-2-9-18(20)23(22(29)32)30(21(31)14-33-23)17-8-5-7-16(12-17)24(26,27)28/h1-12H,13-14H2/t23-/m1/s1. The minimum Gasteiger partial charge on any atom is -0.304 e. The number of carbonyl (C=O) groups is 2. The van der Waals surface area contributed by atoms with Gasteiger partial charge in [0.1, 0.15) is 0 Å². The van der Waals surface area contributed by atoms with Crippen LogP contribution < -0.4 is 9.80 Å². The summed E-state index contributed by atoms with van der Waals surface area (Å²) in [5.41, 5.74) is 1.03. The second-order valence-corrected chi connectivity index (χ2v) is 9.29. The van der Waals surface area contributed by atoms with Crippen molar-refractivity contribution < 1.29 is 22.8 Å². The second-order valence-electron chi connectivity index (χ2n) is 7.71. The minimum absolute atomic E-state index is 0.0302. The highest BCUT2D eigenvalue weighted by atomic mass is 35.5. The van der Waals surface area contributed by atoms with E-state index >= 15 is 0 Å². The van der Waals surface area contributed by atoms with Gasteiger partial charge in [0.15, 0.2) is 0 Å². The van der Waals surface area contributed by atoms with Gasteiger partial charge in [-0.25, -0.2) is 0 Å². The minimum atomic E-state index is -4.58. The molecule has 4 nitrogen and oxygen atoms in total. The number of hydrogen-bond acceptors (Lipinski definition) is 3. The fourth-order valence-corrected chi connectivity index (χ4v) is 5.89. The Kier molecular flexibility index (Phi) is 5.17. The number of hydrogen-bond donors (Lipinski definition) is 0. The zero-order chi connectivity index (χ0) is 23.4. The van der Waals surface area contributed by atoms with Crippen molar-refractivity contribution in [2.24, 2.45) is 0 Å². The number of thioether (sulfide) groups is 1. The van der Waals surface area contributed by atoms with Gasteiger partial charge in [-0.15, -0.1) is 11.8 Å². The number of amides is 2. The van der Waals surface area contributed by atoms with Gasteiger partial charge in [0.25, 0.3) is 5.91 Å². The topological polar surface area (TPSA) is 40.6 Å². The molecule has 1 atom stereocenters. The third-order valence-electron chi connectivity index (χ3n) is 5.78. The van der Waals surface area contributed by atoms with Gasteiger partial charge < -0.3 is 4.90 Å². The molecule has 168 valence electrons. The second kappa shape index (κ2) is 7.81. The van der Waals surface area contributed by atoms with Gasteiger partial charge in [0.2, 0.25) is 10.8 Å². The molecule has 3 aromatic carbocycles. The first kappa shape index (κ1) is 21.9. The summed E-state index contributed by atoms with van der Waals surface area (Å²) in [6.07, 6.45) is -4.58. The number of carbonyl (C=O) groups excluding carboxylic acids is 2. The van der Waals surface area contributed by atoms with Crippen molar-refractivity contribution in [1.82, 2.24) is 0 Å². The Bertz CT molecular complexity index is 1280. The SMILES string of the molecule is O=C1CS[C@]2(C(=O)N(Cc3ccccc3Cl)c3ccccc32)N1c1cccc(C(F)(F)F)c1. The van der Waals surface area contributed by atoms with Crippen LogP contribution in [0.2, 0.25) is 5.02 Å². The number of nitrogens with zero attached hydrogens (tertiary/aromatic N) is 2. The average molecular weight is 489 g/mol. The monoisotopic (exact) mass is 488 g/mol. The number of anilines is 2. The van der Waals surface area contributed by atoms with Gasteiger partial charge in [-0.1, -0.05) is 54.1 Å². The summed E-state index contributed by atoms with van der Waals surface area (Å²) < 4.78 is 40.1. The lowest BCUT2D eigenvalue weighted by Crippen LogP contribution is -2.49. The third kappa shape index (κ3) is 3.40. The van der Waals surface area contributed by atoms with Crippen LogP contribution in [0.25, 0.3) is 0 Å². The number of benzene rings is 3. The molecular formula is C24H16ClF3N2O2S. The Morgan fingerprint density at radius 1 is 0.970 bits per heavy atom. The number of rotatable bonds is 3. The molecule has 5 rings (SSSR count). The molecule has 1 spiro atoms. The van der Waals surface area contributed by atoms with Gasteiger partial charge in [-0.05, 0) is 35.9 Å². The zero-order valence-electron chi connectivity index (χ0n) is 17.0. The van der Waals surface area contributed by atoms with Crippen molar-refractivity contribution in [3.05, 3.63) is 94.5 Å². The highest BCUT2D eigenvalue weighted by molar-refractivity contribution is 8.02. The molecule has 0 radical (unpaired) electrons. The molecule has 0 saturated carbocycles. The number of alkyl halides is 3. The van der Waals surface area contributed by atoms with Gasteiger partial charge in [0.05, 0.1) is 23.5 Å². The summed E-state index contributed by atoms with van der Waals surface area (Å²) in [4.78, 5) is 28.2. The van der Waals surface area contributed by atoms with Crippen molar-refractivity contribution in [2.75, 3.05) is 15.6 Å². The Labute approximate surface area is 196 Å². The molecule has 2 amide bonds. The van der Waals surface area contributed by atoms with Crippen LogP contribution in [0.15, 0.2) is 72.8 Å². The maximum Gasteiger partial charge on any atom is 0.416 e. The first-order chi connectivity index (χ1) is 15.7. The van der Waals surface area contributed by atoms with Crippen LogP contribution in [0.1, 0.15) is 16.7 Å². The molecule has 0 N–H and O–H groups in total.